The third-order valence-corrected chi connectivity index (χ3v) is 2.93. The van der Waals surface area contributed by atoms with Crippen molar-refractivity contribution < 1.29 is 18.7 Å². The van der Waals surface area contributed by atoms with Crippen LogP contribution in [0.25, 0.3) is 0 Å². The second kappa shape index (κ2) is 6.41. The van der Waals surface area contributed by atoms with Crippen LogP contribution in [0.15, 0.2) is 36.5 Å². The molecule has 1 N–H and O–H groups in total. The monoisotopic (exact) mass is 310 g/mol. The molecule has 1 aromatic carbocycles. The van der Waals surface area contributed by atoms with E-state index in [-0.39, 0.29) is 10.7 Å². The van der Waals surface area contributed by atoms with Gasteiger partial charge >= 0.3 is 5.97 Å². The molecule has 5 nitrogen and oxygen atoms in total. The van der Waals surface area contributed by atoms with E-state index in [0.717, 1.165) is 6.07 Å². The number of rotatable bonds is 4. The van der Waals surface area contributed by atoms with Crippen LogP contribution < -0.4 is 5.32 Å². The highest BCUT2D eigenvalue weighted by atomic mass is 35.5. The molecule has 0 unspecified atom stereocenters. The van der Waals surface area contributed by atoms with Crippen LogP contribution in [0.1, 0.15) is 10.5 Å². The molecule has 2 aromatic rings. The zero-order chi connectivity index (χ0) is 15.4. The number of hydrogen-bond acceptors (Lipinski definition) is 3. The van der Waals surface area contributed by atoms with E-state index in [9.17, 15) is 14.0 Å². The van der Waals surface area contributed by atoms with Crippen LogP contribution in [-0.4, -0.2) is 23.1 Å². The molecule has 0 radical (unpaired) electrons. The molecule has 0 aliphatic rings. The third kappa shape index (κ3) is 3.82. The number of carbonyl (C=O) groups excluding carboxylic acids is 2. The van der Waals surface area contributed by atoms with Gasteiger partial charge in [0, 0.05) is 18.3 Å². The molecule has 1 amide bonds. The Morgan fingerprint density at radius 1 is 1.38 bits per heavy atom. The molecule has 1 aromatic heterocycles. The van der Waals surface area contributed by atoms with E-state index in [1.165, 1.54) is 12.1 Å². The highest BCUT2D eigenvalue weighted by Gasteiger charge is 2.13. The van der Waals surface area contributed by atoms with E-state index in [2.05, 4.69) is 5.32 Å². The lowest BCUT2D eigenvalue weighted by molar-refractivity contribution is -0.119. The number of esters is 1. The molecular formula is C14H12ClFN2O3. The Balaban J connectivity index is 1.90. The van der Waals surface area contributed by atoms with Crippen LogP contribution in [0.5, 0.6) is 0 Å². The molecule has 0 spiro atoms. The third-order valence-electron chi connectivity index (χ3n) is 2.69. The fourth-order valence-electron chi connectivity index (χ4n) is 1.66. The number of carbonyl (C=O) groups is 2. The Morgan fingerprint density at radius 3 is 2.76 bits per heavy atom. The van der Waals surface area contributed by atoms with Crippen molar-refractivity contribution in [1.82, 2.24) is 4.57 Å². The van der Waals surface area contributed by atoms with Crippen molar-refractivity contribution in [3.63, 3.8) is 0 Å². The summed E-state index contributed by atoms with van der Waals surface area (Å²) in [6.45, 7) is -0.508. The number of nitrogens with zero attached hydrogens (tertiary/aromatic N) is 1. The van der Waals surface area contributed by atoms with Crippen molar-refractivity contribution in [3.05, 3.63) is 53.1 Å². The first-order valence-corrected chi connectivity index (χ1v) is 6.38. The largest absolute Gasteiger partial charge is 0.451 e. The Bertz CT molecular complexity index is 685. The van der Waals surface area contributed by atoms with Gasteiger partial charge in [0.1, 0.15) is 11.5 Å². The van der Waals surface area contributed by atoms with Gasteiger partial charge in [0.05, 0.1) is 5.69 Å². The zero-order valence-corrected chi connectivity index (χ0v) is 11.9. The van der Waals surface area contributed by atoms with Crippen molar-refractivity contribution in [2.45, 2.75) is 0 Å². The van der Waals surface area contributed by atoms with Crippen LogP contribution in [-0.2, 0) is 16.6 Å². The summed E-state index contributed by atoms with van der Waals surface area (Å²) in [5, 5.41) is 2.52. The number of nitrogens with one attached hydrogen (secondary N) is 1. The van der Waals surface area contributed by atoms with E-state index < -0.39 is 24.3 Å². The molecule has 0 saturated carbocycles. The summed E-state index contributed by atoms with van der Waals surface area (Å²) in [6.07, 6.45) is 1.68. The molecule has 21 heavy (non-hydrogen) atoms. The minimum atomic E-state index is -0.662. The average Bonchev–Trinajstić information content (AvgIpc) is 2.85. The molecule has 0 saturated heterocycles. The summed E-state index contributed by atoms with van der Waals surface area (Å²) in [7, 11) is 1.68. The number of aryl methyl sites for hydroxylation is 1. The van der Waals surface area contributed by atoms with Crippen molar-refractivity contribution >= 4 is 29.2 Å². The van der Waals surface area contributed by atoms with Gasteiger partial charge in [0.25, 0.3) is 5.91 Å². The second-order valence-corrected chi connectivity index (χ2v) is 4.69. The summed E-state index contributed by atoms with van der Waals surface area (Å²) in [6, 6.07) is 7.09. The molecular weight excluding hydrogens is 299 g/mol. The first-order chi connectivity index (χ1) is 9.97. The number of halogens is 2. The Labute approximate surface area is 125 Å². The second-order valence-electron chi connectivity index (χ2n) is 4.25. The lowest BCUT2D eigenvalue weighted by Crippen LogP contribution is -2.22. The van der Waals surface area contributed by atoms with Crippen LogP contribution in [0.2, 0.25) is 5.02 Å². The van der Waals surface area contributed by atoms with E-state index in [0.29, 0.717) is 5.69 Å². The lowest BCUT2D eigenvalue weighted by Gasteiger charge is -2.08. The van der Waals surface area contributed by atoms with Gasteiger partial charge in [-0.2, -0.15) is 0 Å². The number of anilines is 1. The standard InChI is InChI=1S/C14H12ClFN2O3/c1-18-6-2-3-12(18)14(20)21-8-13(19)17-11-5-4-9(15)7-10(11)16/h2-7H,8H2,1H3,(H,17,19). The van der Waals surface area contributed by atoms with Crippen LogP contribution >= 0.6 is 11.6 Å². The van der Waals surface area contributed by atoms with Gasteiger partial charge in [0.15, 0.2) is 6.61 Å². The first kappa shape index (κ1) is 15.1. The highest BCUT2D eigenvalue weighted by molar-refractivity contribution is 6.30. The number of ether oxygens (including phenoxy) is 1. The highest BCUT2D eigenvalue weighted by Crippen LogP contribution is 2.18. The summed E-state index contributed by atoms with van der Waals surface area (Å²) in [4.78, 5) is 23.3. The van der Waals surface area contributed by atoms with Crippen molar-refractivity contribution in [2.75, 3.05) is 11.9 Å². The van der Waals surface area contributed by atoms with Crippen LogP contribution in [0.3, 0.4) is 0 Å². The number of aromatic nitrogens is 1. The maximum Gasteiger partial charge on any atom is 0.355 e. The minimum absolute atomic E-state index is 0.0284. The molecule has 0 aliphatic carbocycles. The van der Waals surface area contributed by atoms with E-state index >= 15 is 0 Å². The van der Waals surface area contributed by atoms with E-state index in [4.69, 9.17) is 16.3 Å². The topological polar surface area (TPSA) is 60.3 Å². The van der Waals surface area contributed by atoms with Gasteiger partial charge < -0.3 is 14.6 Å². The minimum Gasteiger partial charge on any atom is -0.451 e. The van der Waals surface area contributed by atoms with Crippen molar-refractivity contribution in [3.8, 4) is 0 Å². The number of benzene rings is 1. The quantitative estimate of drug-likeness (QED) is 0.883. The van der Waals surface area contributed by atoms with Gasteiger partial charge in [-0.05, 0) is 30.3 Å². The SMILES string of the molecule is Cn1cccc1C(=O)OCC(=O)Nc1ccc(Cl)cc1F. The summed E-state index contributed by atoms with van der Waals surface area (Å²) in [5.41, 5.74) is 0.291. The summed E-state index contributed by atoms with van der Waals surface area (Å²) < 4.78 is 19.9. The predicted molar refractivity (Wildman–Crippen MR) is 75.7 cm³/mol. The Kier molecular flexibility index (Phi) is 4.59. The van der Waals surface area contributed by atoms with Gasteiger partial charge in [-0.3, -0.25) is 4.79 Å². The van der Waals surface area contributed by atoms with Gasteiger partial charge in [-0.1, -0.05) is 11.6 Å². The van der Waals surface area contributed by atoms with Gasteiger partial charge in [-0.15, -0.1) is 0 Å². The molecule has 0 fully saturated rings. The molecule has 2 rings (SSSR count). The predicted octanol–water partition coefficient (Wildman–Crippen LogP) is 2.61. The molecule has 0 aliphatic heterocycles. The normalized spacial score (nSPS) is 10.2. The molecule has 0 bridgehead atoms. The van der Waals surface area contributed by atoms with Crippen molar-refractivity contribution in [1.29, 1.82) is 0 Å². The first-order valence-electron chi connectivity index (χ1n) is 6.00. The number of hydrogen-bond donors (Lipinski definition) is 1. The lowest BCUT2D eigenvalue weighted by atomic mass is 10.3. The fourth-order valence-corrected chi connectivity index (χ4v) is 1.81. The maximum atomic E-state index is 13.5. The van der Waals surface area contributed by atoms with Gasteiger partial charge in [-0.25, -0.2) is 9.18 Å². The van der Waals surface area contributed by atoms with Crippen LogP contribution in [0, 0.1) is 5.82 Å². The van der Waals surface area contributed by atoms with E-state index in [1.54, 1.807) is 29.9 Å². The smallest absolute Gasteiger partial charge is 0.355 e. The summed E-state index contributed by atoms with van der Waals surface area (Å²) >= 11 is 5.60. The zero-order valence-electron chi connectivity index (χ0n) is 11.1. The summed E-state index contributed by atoms with van der Waals surface area (Å²) in [5.74, 6) is -1.93. The molecule has 0 atom stereocenters. The van der Waals surface area contributed by atoms with Crippen LogP contribution in [0.4, 0.5) is 10.1 Å². The van der Waals surface area contributed by atoms with Gasteiger partial charge in [0.2, 0.25) is 0 Å². The Morgan fingerprint density at radius 2 is 2.14 bits per heavy atom. The molecule has 7 heteroatoms. The number of amides is 1. The average molecular weight is 311 g/mol. The van der Waals surface area contributed by atoms with Crippen molar-refractivity contribution in [2.24, 2.45) is 7.05 Å². The maximum absolute atomic E-state index is 13.5. The fraction of sp³-hybridized carbons (Fsp3) is 0.143. The van der Waals surface area contributed by atoms with E-state index in [1.807, 2.05) is 0 Å². The molecule has 1 heterocycles. The Hall–Kier alpha value is -2.34. The molecule has 110 valence electrons.